The van der Waals surface area contributed by atoms with Gasteiger partial charge in [-0.3, -0.25) is 14.5 Å². The van der Waals surface area contributed by atoms with Gasteiger partial charge in [0, 0.05) is 23.0 Å². The van der Waals surface area contributed by atoms with Gasteiger partial charge < -0.3 is 10.3 Å². The van der Waals surface area contributed by atoms with Gasteiger partial charge in [0.25, 0.3) is 11.5 Å². The van der Waals surface area contributed by atoms with Crippen molar-refractivity contribution in [2.24, 2.45) is 0 Å². The monoisotopic (exact) mass is 355 g/mol. The number of nitrogens with zero attached hydrogens (tertiary/aromatic N) is 3. The van der Waals surface area contributed by atoms with E-state index >= 15 is 0 Å². The summed E-state index contributed by atoms with van der Waals surface area (Å²) in [6.45, 7) is 1.75. The van der Waals surface area contributed by atoms with E-state index in [-0.39, 0.29) is 23.1 Å². The van der Waals surface area contributed by atoms with Gasteiger partial charge >= 0.3 is 0 Å². The quantitative estimate of drug-likeness (QED) is 0.724. The number of halogens is 1. The Hall–Kier alpha value is -3.62. The molecule has 3 rings (SSSR count). The predicted molar refractivity (Wildman–Crippen MR) is 89.9 cm³/mol. The van der Waals surface area contributed by atoms with Crippen molar-refractivity contribution in [3.63, 3.8) is 0 Å². The maximum absolute atomic E-state index is 12.4. The van der Waals surface area contributed by atoms with Crippen molar-refractivity contribution >= 4 is 5.91 Å². The number of aromatic nitrogens is 4. The molecule has 8 nitrogen and oxygen atoms in total. The molecule has 0 spiro atoms. The molecule has 26 heavy (non-hydrogen) atoms. The Morgan fingerprint density at radius 1 is 1.23 bits per heavy atom. The highest BCUT2D eigenvalue weighted by atomic mass is 19.3. The van der Waals surface area contributed by atoms with E-state index in [1.165, 1.54) is 24.5 Å². The highest BCUT2D eigenvalue weighted by molar-refractivity contribution is 5.92. The van der Waals surface area contributed by atoms with Crippen molar-refractivity contribution in [3.8, 4) is 17.4 Å². The van der Waals surface area contributed by atoms with Gasteiger partial charge in [0.05, 0.1) is 6.04 Å². The van der Waals surface area contributed by atoms with Crippen LogP contribution in [-0.4, -0.2) is 25.8 Å². The van der Waals surface area contributed by atoms with Gasteiger partial charge in [-0.2, -0.15) is 0 Å². The first kappa shape index (κ1) is 17.2. The van der Waals surface area contributed by atoms with Crippen LogP contribution in [-0.2, 0) is 0 Å². The second-order valence-corrected chi connectivity index (χ2v) is 5.39. The van der Waals surface area contributed by atoms with Gasteiger partial charge in [0.2, 0.25) is 0 Å². The van der Waals surface area contributed by atoms with E-state index < -0.39 is 17.5 Å². The first-order chi connectivity index (χ1) is 12.6. The number of carbonyl (C=O) groups excluding carboxylic acids is 1. The van der Waals surface area contributed by atoms with Crippen LogP contribution >= 0.6 is 0 Å². The Kier molecular flexibility index (Phi) is 4.97. The van der Waals surface area contributed by atoms with Crippen molar-refractivity contribution in [3.05, 3.63) is 70.4 Å². The molecule has 1 amide bonds. The molecule has 0 bridgehead atoms. The van der Waals surface area contributed by atoms with Crippen LogP contribution in [0.15, 0.2) is 53.6 Å². The molecule has 0 aliphatic carbocycles. The Morgan fingerprint density at radius 2 is 1.92 bits per heavy atom. The summed E-state index contributed by atoms with van der Waals surface area (Å²) in [4.78, 5) is 42.5. The number of nitrogens with one attached hydrogen (secondary N) is 2. The molecular weight excluding hydrogens is 341 g/mol. The summed E-state index contributed by atoms with van der Waals surface area (Å²) in [5.41, 5.74) is 0.173. The fourth-order valence-electron chi connectivity index (χ4n) is 2.26. The minimum Gasteiger partial charge on any atom is -0.344 e. The highest BCUT2D eigenvalue weighted by Gasteiger charge is 2.16. The summed E-state index contributed by atoms with van der Waals surface area (Å²) in [6, 6.07) is 8.44. The molecule has 2 aromatic heterocycles. The molecule has 1 aromatic carbocycles. The third-order valence-electron chi connectivity index (χ3n) is 3.57. The molecule has 0 saturated heterocycles. The molecule has 132 valence electrons. The molecule has 0 radical (unpaired) electrons. The first-order valence-electron chi connectivity index (χ1n) is 7.65. The van der Waals surface area contributed by atoms with Gasteiger partial charge in [0.15, 0.2) is 17.4 Å². The van der Waals surface area contributed by atoms with Gasteiger partial charge in [-0.15, -0.1) is 0 Å². The average Bonchev–Trinajstić information content (AvgIpc) is 2.68. The third-order valence-corrected chi connectivity index (χ3v) is 3.57. The summed E-state index contributed by atoms with van der Waals surface area (Å²) in [5, 5.41) is 2.73. The van der Waals surface area contributed by atoms with Gasteiger partial charge in [-0.1, -0.05) is 12.1 Å². The molecule has 0 aliphatic heterocycles. The lowest BCUT2D eigenvalue weighted by molar-refractivity contribution is -0.00623. The van der Waals surface area contributed by atoms with Crippen LogP contribution in [0.25, 0.3) is 11.6 Å². The van der Waals surface area contributed by atoms with Crippen LogP contribution in [0.4, 0.5) is 4.53 Å². The summed E-state index contributed by atoms with van der Waals surface area (Å²) >= 11 is 0. The fourth-order valence-corrected chi connectivity index (χ4v) is 2.26. The van der Waals surface area contributed by atoms with Crippen molar-refractivity contribution in [2.45, 2.75) is 13.0 Å². The van der Waals surface area contributed by atoms with Gasteiger partial charge in [-0.25, -0.2) is 15.0 Å². The highest BCUT2D eigenvalue weighted by Crippen LogP contribution is 2.18. The molecule has 0 aliphatic rings. The molecule has 2 heterocycles. The van der Waals surface area contributed by atoms with Crippen LogP contribution in [0.2, 0.25) is 0 Å². The van der Waals surface area contributed by atoms with Crippen LogP contribution in [0.5, 0.6) is 5.75 Å². The minimum atomic E-state index is -0.536. The Morgan fingerprint density at radius 3 is 2.58 bits per heavy atom. The van der Waals surface area contributed by atoms with Gasteiger partial charge in [-0.05, 0) is 30.7 Å². The van der Waals surface area contributed by atoms with Crippen molar-refractivity contribution < 1.29 is 14.3 Å². The standard InChI is InChI=1S/C17H14FN5O3/c1-10(11-3-5-12(26-18)6-4-11)21-17(25)13-9-14(24)23-16(22-13)15-19-7-2-8-20-15/h2-10H,1H3,(H,21,25)(H,22,23,24)/t10-/m1/s1. The number of amides is 1. The van der Waals surface area contributed by atoms with Crippen LogP contribution in [0, 0.1) is 0 Å². The van der Waals surface area contributed by atoms with E-state index in [0.717, 1.165) is 11.6 Å². The summed E-state index contributed by atoms with van der Waals surface area (Å²) in [5.74, 6) is -0.169. The number of carbonyl (C=O) groups is 1. The van der Waals surface area contributed by atoms with E-state index in [9.17, 15) is 14.1 Å². The second kappa shape index (κ2) is 7.51. The zero-order valence-electron chi connectivity index (χ0n) is 13.6. The van der Waals surface area contributed by atoms with Crippen LogP contribution in [0.3, 0.4) is 0 Å². The lowest BCUT2D eigenvalue weighted by atomic mass is 10.1. The molecule has 2 N–H and O–H groups in total. The van der Waals surface area contributed by atoms with Crippen molar-refractivity contribution in [2.75, 3.05) is 0 Å². The Bertz CT molecular complexity index is 960. The Labute approximate surface area is 147 Å². The topological polar surface area (TPSA) is 110 Å². The second-order valence-electron chi connectivity index (χ2n) is 5.39. The normalized spacial score (nSPS) is 11.6. The van der Waals surface area contributed by atoms with Crippen LogP contribution in [0.1, 0.15) is 29.0 Å². The van der Waals surface area contributed by atoms with Crippen molar-refractivity contribution in [1.82, 2.24) is 25.3 Å². The molecule has 0 fully saturated rings. The van der Waals surface area contributed by atoms with E-state index in [4.69, 9.17) is 0 Å². The fraction of sp³-hybridized carbons (Fsp3) is 0.118. The lowest BCUT2D eigenvalue weighted by Gasteiger charge is -2.14. The third kappa shape index (κ3) is 3.89. The predicted octanol–water partition coefficient (Wildman–Crippen LogP) is 1.98. The number of H-pyrrole nitrogens is 1. The SMILES string of the molecule is C[C@@H](NC(=O)c1cc(=O)[nH]c(-c2ncccn2)n1)c1ccc(OF)cc1. The zero-order valence-corrected chi connectivity index (χ0v) is 13.6. The lowest BCUT2D eigenvalue weighted by Crippen LogP contribution is -2.29. The number of hydrogen-bond acceptors (Lipinski definition) is 6. The minimum absolute atomic E-state index is 0.0632. The van der Waals surface area contributed by atoms with Gasteiger partial charge in [0.1, 0.15) is 5.69 Å². The number of rotatable bonds is 5. The summed E-state index contributed by atoms with van der Waals surface area (Å²) in [7, 11) is 0. The van der Waals surface area contributed by atoms with Crippen LogP contribution < -0.4 is 15.8 Å². The number of benzene rings is 1. The molecular formula is C17H14FN5O3. The van der Waals surface area contributed by atoms with E-state index in [2.05, 4.69) is 30.2 Å². The maximum atomic E-state index is 12.4. The molecule has 3 aromatic rings. The first-order valence-corrected chi connectivity index (χ1v) is 7.65. The summed E-state index contributed by atoms with van der Waals surface area (Å²) in [6.07, 6.45) is 3.00. The number of hydrogen-bond donors (Lipinski definition) is 2. The summed E-state index contributed by atoms with van der Waals surface area (Å²) < 4.78 is 12.1. The zero-order chi connectivity index (χ0) is 18.5. The molecule has 9 heteroatoms. The van der Waals surface area contributed by atoms with E-state index in [1.807, 2.05) is 0 Å². The molecule has 0 unspecified atom stereocenters. The van der Waals surface area contributed by atoms with E-state index in [1.54, 1.807) is 25.1 Å². The van der Waals surface area contributed by atoms with E-state index in [0.29, 0.717) is 0 Å². The molecule has 0 saturated carbocycles. The number of aromatic amines is 1. The molecule has 1 atom stereocenters. The maximum Gasteiger partial charge on any atom is 0.270 e. The largest absolute Gasteiger partial charge is 0.344 e. The smallest absolute Gasteiger partial charge is 0.270 e. The Balaban J connectivity index is 1.81. The average molecular weight is 355 g/mol. The van der Waals surface area contributed by atoms with Crippen molar-refractivity contribution in [1.29, 1.82) is 0 Å².